The van der Waals surface area contributed by atoms with E-state index in [-0.39, 0.29) is 0 Å². The molecule has 0 fully saturated rings. The van der Waals surface area contributed by atoms with E-state index >= 15 is 0 Å². The Balaban J connectivity index is 2.89. The van der Waals surface area contributed by atoms with E-state index in [1.807, 2.05) is 0 Å². The van der Waals surface area contributed by atoms with Crippen LogP contribution in [0, 0.1) is 0 Å². The normalized spacial score (nSPS) is 39.6. The van der Waals surface area contributed by atoms with Crippen molar-refractivity contribution in [1.82, 2.24) is 0 Å². The quantitative estimate of drug-likeness (QED) is 0.499. The molecule has 56 valence electrons. The van der Waals surface area contributed by atoms with Crippen LogP contribution in [-0.2, 0) is 0 Å². The summed E-state index contributed by atoms with van der Waals surface area (Å²) in [4.78, 5) is 0. The smallest absolute Gasteiger partial charge is 0.166 e. The number of aliphatic hydroxyl groups is 2. The molecule has 0 radical (unpaired) electrons. The molecule has 0 saturated heterocycles. The Labute approximate surface area is 71.2 Å². The highest BCUT2D eigenvalue weighted by molar-refractivity contribution is 14.1. The molecule has 1 aliphatic carbocycles. The maximum Gasteiger partial charge on any atom is 0.166 e. The van der Waals surface area contributed by atoms with E-state index in [1.165, 1.54) is 12.2 Å². The molecule has 2 unspecified atom stereocenters. The largest absolute Gasteiger partial charge is 0.382 e. The third-order valence-corrected chi connectivity index (χ3v) is 2.18. The number of alkyl halides is 1. The Morgan fingerprint density at radius 3 is 2.70 bits per heavy atom. The van der Waals surface area contributed by atoms with Crippen molar-refractivity contribution in [2.45, 2.75) is 9.71 Å². The molecule has 0 heterocycles. The van der Waals surface area contributed by atoms with Crippen molar-refractivity contribution in [3.05, 3.63) is 24.1 Å². The minimum Gasteiger partial charge on any atom is -0.382 e. The number of hydrogen-bond acceptors (Lipinski definition) is 2. The fraction of sp³-hybridized carbons (Fsp3) is 0.333. The third kappa shape index (κ3) is 1.38. The number of halogens is 2. The van der Waals surface area contributed by atoms with Crippen LogP contribution in [0.3, 0.4) is 0 Å². The molecule has 0 aromatic heterocycles. The molecule has 4 heteroatoms. The van der Waals surface area contributed by atoms with Crippen molar-refractivity contribution in [2.24, 2.45) is 0 Å². The predicted molar refractivity (Wildman–Crippen MR) is 43.3 cm³/mol. The Bertz CT molecular complexity index is 198. The Morgan fingerprint density at radius 2 is 2.30 bits per heavy atom. The van der Waals surface area contributed by atoms with Crippen LogP contribution in [0.15, 0.2) is 24.1 Å². The van der Waals surface area contributed by atoms with Crippen LogP contribution in [0.1, 0.15) is 0 Å². The minimum atomic E-state index is -1.49. The molecular formula is C6H6FIO2. The van der Waals surface area contributed by atoms with E-state index < -0.39 is 15.5 Å². The van der Waals surface area contributed by atoms with Crippen LogP contribution in [-0.4, -0.2) is 19.9 Å². The second-order valence-electron chi connectivity index (χ2n) is 2.04. The second-order valence-corrected chi connectivity index (χ2v) is 3.77. The average Bonchev–Trinajstić information content (AvgIpc) is 1.83. The zero-order valence-electron chi connectivity index (χ0n) is 4.96. The van der Waals surface area contributed by atoms with Gasteiger partial charge in [0.1, 0.15) is 11.9 Å². The lowest BCUT2D eigenvalue weighted by Gasteiger charge is -2.24. The standard InChI is InChI=1S/C6H6FIO2/c7-4-2-1-3-6(8,10)5(4)9/h1-3,5,9-10H. The third-order valence-electron chi connectivity index (χ3n) is 1.23. The Kier molecular flexibility index (Phi) is 2.12. The molecule has 0 aliphatic heterocycles. The summed E-state index contributed by atoms with van der Waals surface area (Å²) in [6.45, 7) is 0. The Morgan fingerprint density at radius 1 is 1.70 bits per heavy atom. The number of hydrogen-bond donors (Lipinski definition) is 2. The van der Waals surface area contributed by atoms with Crippen molar-refractivity contribution in [3.8, 4) is 0 Å². The molecule has 1 rings (SSSR count). The molecule has 0 saturated carbocycles. The highest BCUT2D eigenvalue weighted by Gasteiger charge is 2.34. The number of rotatable bonds is 0. The van der Waals surface area contributed by atoms with Gasteiger partial charge in [0.25, 0.3) is 0 Å². The highest BCUT2D eigenvalue weighted by Crippen LogP contribution is 2.29. The molecule has 2 N–H and O–H groups in total. The van der Waals surface area contributed by atoms with Crippen molar-refractivity contribution >= 4 is 22.6 Å². The van der Waals surface area contributed by atoms with Crippen LogP contribution in [0.25, 0.3) is 0 Å². The summed E-state index contributed by atoms with van der Waals surface area (Å²) in [7, 11) is 0. The molecule has 2 nitrogen and oxygen atoms in total. The zero-order valence-corrected chi connectivity index (χ0v) is 7.12. The summed E-state index contributed by atoms with van der Waals surface area (Å²) in [5.74, 6) is -0.709. The Hall–Kier alpha value is 0.0600. The predicted octanol–water partition coefficient (Wildman–Crippen LogP) is 0.894. The van der Waals surface area contributed by atoms with Gasteiger partial charge in [0, 0.05) is 0 Å². The van der Waals surface area contributed by atoms with Crippen LogP contribution >= 0.6 is 22.6 Å². The van der Waals surface area contributed by atoms with Crippen LogP contribution in [0.5, 0.6) is 0 Å². The van der Waals surface area contributed by atoms with Gasteiger partial charge < -0.3 is 10.2 Å². The van der Waals surface area contributed by atoms with Crippen LogP contribution < -0.4 is 0 Å². The van der Waals surface area contributed by atoms with Gasteiger partial charge >= 0.3 is 0 Å². The van der Waals surface area contributed by atoms with Crippen LogP contribution in [0.2, 0.25) is 0 Å². The van der Waals surface area contributed by atoms with Crippen molar-refractivity contribution in [3.63, 3.8) is 0 Å². The van der Waals surface area contributed by atoms with E-state index in [9.17, 15) is 9.50 Å². The van der Waals surface area contributed by atoms with E-state index in [2.05, 4.69) is 0 Å². The van der Waals surface area contributed by atoms with Crippen molar-refractivity contribution < 1.29 is 14.6 Å². The van der Waals surface area contributed by atoms with Gasteiger partial charge in [-0.1, -0.05) is 6.08 Å². The summed E-state index contributed by atoms with van der Waals surface area (Å²) >= 11 is 1.57. The minimum absolute atomic E-state index is 0.709. The zero-order chi connectivity index (χ0) is 7.78. The van der Waals surface area contributed by atoms with Gasteiger partial charge in [-0.15, -0.1) is 0 Å². The molecule has 0 aromatic rings. The van der Waals surface area contributed by atoms with Gasteiger partial charge in [0.05, 0.1) is 0 Å². The lowest BCUT2D eigenvalue weighted by Crippen LogP contribution is -2.35. The lowest BCUT2D eigenvalue weighted by molar-refractivity contribution is 0.0450. The van der Waals surface area contributed by atoms with Crippen molar-refractivity contribution in [2.75, 3.05) is 0 Å². The number of allylic oxidation sites excluding steroid dienone is 2. The summed E-state index contributed by atoms with van der Waals surface area (Å²) < 4.78 is 11.0. The molecule has 0 amide bonds. The number of aliphatic hydroxyl groups excluding tert-OH is 1. The van der Waals surface area contributed by atoms with Crippen molar-refractivity contribution in [1.29, 1.82) is 0 Å². The first-order valence-electron chi connectivity index (χ1n) is 2.68. The summed E-state index contributed by atoms with van der Waals surface area (Å²) in [6, 6.07) is 0. The fourth-order valence-electron chi connectivity index (χ4n) is 0.651. The molecule has 1 aliphatic rings. The highest BCUT2D eigenvalue weighted by atomic mass is 127. The average molecular weight is 256 g/mol. The van der Waals surface area contributed by atoms with Gasteiger partial charge in [0.15, 0.2) is 3.61 Å². The van der Waals surface area contributed by atoms with Gasteiger partial charge in [0.2, 0.25) is 0 Å². The second kappa shape index (κ2) is 2.60. The van der Waals surface area contributed by atoms with E-state index in [4.69, 9.17) is 5.11 Å². The first kappa shape index (κ1) is 8.16. The van der Waals surface area contributed by atoms with E-state index in [0.717, 1.165) is 6.08 Å². The molecule has 0 spiro atoms. The molecule has 10 heavy (non-hydrogen) atoms. The summed E-state index contributed by atoms with van der Waals surface area (Å²) in [6.07, 6.45) is 2.39. The molecule has 0 bridgehead atoms. The molecular weight excluding hydrogens is 250 g/mol. The topological polar surface area (TPSA) is 40.5 Å². The first-order valence-corrected chi connectivity index (χ1v) is 3.76. The summed E-state index contributed by atoms with van der Waals surface area (Å²) in [5, 5.41) is 18.1. The molecule has 2 atom stereocenters. The summed E-state index contributed by atoms with van der Waals surface area (Å²) in [5.41, 5.74) is 0. The fourth-order valence-corrected chi connectivity index (χ4v) is 1.16. The van der Waals surface area contributed by atoms with Gasteiger partial charge in [-0.25, -0.2) is 4.39 Å². The maximum atomic E-state index is 12.5. The van der Waals surface area contributed by atoms with Crippen LogP contribution in [0.4, 0.5) is 4.39 Å². The van der Waals surface area contributed by atoms with Gasteiger partial charge in [-0.3, -0.25) is 0 Å². The van der Waals surface area contributed by atoms with Gasteiger partial charge in [-0.05, 0) is 34.7 Å². The van der Waals surface area contributed by atoms with E-state index in [0.29, 0.717) is 0 Å². The SMILES string of the molecule is OC1C(F)=CC=CC1(O)I. The molecule has 0 aromatic carbocycles. The first-order chi connectivity index (χ1) is 4.54. The van der Waals surface area contributed by atoms with Gasteiger partial charge in [-0.2, -0.15) is 0 Å². The lowest BCUT2D eigenvalue weighted by atomic mass is 10.1. The monoisotopic (exact) mass is 256 g/mol. The maximum absolute atomic E-state index is 12.5. The van der Waals surface area contributed by atoms with E-state index in [1.54, 1.807) is 22.6 Å².